The molecule has 1 aromatic rings. The SMILES string of the molecule is CC(=O)/C(N)=C/S(=O)(=O)c1ccccc1. The first-order valence-corrected chi connectivity index (χ1v) is 5.76. The summed E-state index contributed by atoms with van der Waals surface area (Å²) in [5.74, 6) is -0.463. The zero-order chi connectivity index (χ0) is 11.5. The van der Waals surface area contributed by atoms with E-state index in [0.717, 1.165) is 5.41 Å². The molecule has 0 amide bonds. The van der Waals surface area contributed by atoms with Crippen molar-refractivity contribution < 1.29 is 13.2 Å². The Hall–Kier alpha value is -1.62. The van der Waals surface area contributed by atoms with Gasteiger partial charge in [-0.2, -0.15) is 0 Å². The van der Waals surface area contributed by atoms with Crippen LogP contribution in [0.1, 0.15) is 6.92 Å². The zero-order valence-corrected chi connectivity index (χ0v) is 8.99. The lowest BCUT2D eigenvalue weighted by Gasteiger charge is -1.99. The molecule has 0 saturated carbocycles. The Morgan fingerprint density at radius 3 is 2.27 bits per heavy atom. The van der Waals surface area contributed by atoms with Crippen molar-refractivity contribution in [2.75, 3.05) is 0 Å². The standard InChI is InChI=1S/C10H11NO3S/c1-8(12)10(11)7-15(13,14)9-5-3-2-4-6-9/h2-7H,11H2,1H3/b10-7-. The maximum absolute atomic E-state index is 11.6. The summed E-state index contributed by atoms with van der Waals surface area (Å²) >= 11 is 0. The number of carbonyl (C=O) groups excluding carboxylic acids is 1. The highest BCUT2D eigenvalue weighted by Crippen LogP contribution is 2.12. The lowest BCUT2D eigenvalue weighted by molar-refractivity contribution is -0.113. The first-order chi connectivity index (χ1) is 6.93. The van der Waals surface area contributed by atoms with Gasteiger partial charge >= 0.3 is 0 Å². The van der Waals surface area contributed by atoms with Gasteiger partial charge in [-0.3, -0.25) is 4.79 Å². The molecule has 0 heterocycles. The van der Waals surface area contributed by atoms with E-state index in [2.05, 4.69) is 0 Å². The Morgan fingerprint density at radius 2 is 1.80 bits per heavy atom. The fraction of sp³-hybridized carbons (Fsp3) is 0.100. The van der Waals surface area contributed by atoms with Crippen LogP contribution in [-0.2, 0) is 14.6 Å². The molecule has 1 aromatic carbocycles. The van der Waals surface area contributed by atoms with Gasteiger partial charge in [0.2, 0.25) is 9.84 Å². The monoisotopic (exact) mass is 225 g/mol. The van der Waals surface area contributed by atoms with Gasteiger partial charge in [0.05, 0.1) is 16.0 Å². The number of rotatable bonds is 3. The Balaban J connectivity index is 3.17. The molecule has 4 nitrogen and oxygen atoms in total. The minimum absolute atomic E-state index is 0.120. The van der Waals surface area contributed by atoms with E-state index in [4.69, 9.17) is 5.73 Å². The van der Waals surface area contributed by atoms with E-state index in [1.165, 1.54) is 19.1 Å². The molecule has 0 aliphatic heterocycles. The molecule has 0 radical (unpaired) electrons. The third-order valence-corrected chi connectivity index (χ3v) is 3.25. The molecular weight excluding hydrogens is 214 g/mol. The molecule has 0 spiro atoms. The van der Waals surface area contributed by atoms with Crippen LogP contribution >= 0.6 is 0 Å². The topological polar surface area (TPSA) is 77.2 Å². The first kappa shape index (κ1) is 11.5. The van der Waals surface area contributed by atoms with Gasteiger partial charge in [0.1, 0.15) is 0 Å². The highest BCUT2D eigenvalue weighted by Gasteiger charge is 2.12. The Labute approximate surface area is 88.3 Å². The van der Waals surface area contributed by atoms with Crippen molar-refractivity contribution in [3.05, 3.63) is 41.4 Å². The van der Waals surface area contributed by atoms with E-state index >= 15 is 0 Å². The number of allylic oxidation sites excluding steroid dienone is 1. The van der Waals surface area contributed by atoms with Gasteiger partial charge < -0.3 is 5.73 Å². The number of Topliss-reactive ketones (excluding diaryl/α,β-unsaturated/α-hetero) is 1. The predicted octanol–water partition coefficient (Wildman–Crippen LogP) is 0.849. The van der Waals surface area contributed by atoms with Gasteiger partial charge in [0.25, 0.3) is 0 Å². The van der Waals surface area contributed by atoms with Gasteiger partial charge in [-0.05, 0) is 12.1 Å². The molecular formula is C10H11NO3S. The Bertz CT molecular complexity index is 489. The molecule has 0 unspecified atom stereocenters. The second-order valence-electron chi connectivity index (χ2n) is 2.99. The molecule has 0 aliphatic rings. The summed E-state index contributed by atoms with van der Waals surface area (Å²) in [7, 11) is -3.61. The molecule has 15 heavy (non-hydrogen) atoms. The van der Waals surface area contributed by atoms with E-state index in [1.807, 2.05) is 0 Å². The van der Waals surface area contributed by atoms with Crippen LogP contribution in [0.5, 0.6) is 0 Å². The molecule has 80 valence electrons. The summed E-state index contributed by atoms with van der Waals surface area (Å²) in [5, 5.41) is 0.782. The molecule has 2 N–H and O–H groups in total. The average molecular weight is 225 g/mol. The molecule has 0 saturated heterocycles. The zero-order valence-electron chi connectivity index (χ0n) is 8.17. The van der Waals surface area contributed by atoms with Crippen LogP contribution in [0.25, 0.3) is 0 Å². The average Bonchev–Trinajstić information content (AvgIpc) is 2.18. The van der Waals surface area contributed by atoms with Crippen LogP contribution in [-0.4, -0.2) is 14.2 Å². The van der Waals surface area contributed by atoms with Crippen LogP contribution in [0.15, 0.2) is 46.3 Å². The molecule has 0 aromatic heterocycles. The van der Waals surface area contributed by atoms with E-state index in [-0.39, 0.29) is 10.6 Å². The number of nitrogens with two attached hydrogens (primary N) is 1. The minimum Gasteiger partial charge on any atom is -0.395 e. The first-order valence-electron chi connectivity index (χ1n) is 4.22. The van der Waals surface area contributed by atoms with Crippen LogP contribution in [0.3, 0.4) is 0 Å². The summed E-state index contributed by atoms with van der Waals surface area (Å²) in [6.07, 6.45) is 0. The van der Waals surface area contributed by atoms with Crippen molar-refractivity contribution in [2.24, 2.45) is 5.73 Å². The van der Waals surface area contributed by atoms with Crippen molar-refractivity contribution in [1.29, 1.82) is 0 Å². The van der Waals surface area contributed by atoms with Crippen LogP contribution in [0.2, 0.25) is 0 Å². The highest BCUT2D eigenvalue weighted by molar-refractivity contribution is 7.94. The summed E-state index contributed by atoms with van der Waals surface area (Å²) < 4.78 is 23.3. The molecule has 0 aliphatic carbocycles. The van der Waals surface area contributed by atoms with Crippen molar-refractivity contribution in [3.8, 4) is 0 Å². The molecule has 5 heteroatoms. The summed E-state index contributed by atoms with van der Waals surface area (Å²) in [4.78, 5) is 10.9. The number of hydrogen-bond acceptors (Lipinski definition) is 4. The predicted molar refractivity (Wildman–Crippen MR) is 56.6 cm³/mol. The number of sulfone groups is 1. The largest absolute Gasteiger partial charge is 0.395 e. The van der Waals surface area contributed by atoms with Crippen molar-refractivity contribution in [1.82, 2.24) is 0 Å². The van der Waals surface area contributed by atoms with Crippen molar-refractivity contribution in [3.63, 3.8) is 0 Å². The van der Waals surface area contributed by atoms with Gasteiger partial charge in [0.15, 0.2) is 5.78 Å². The van der Waals surface area contributed by atoms with Crippen LogP contribution in [0.4, 0.5) is 0 Å². The Kier molecular flexibility index (Phi) is 3.26. The highest BCUT2D eigenvalue weighted by atomic mass is 32.2. The second-order valence-corrected chi connectivity index (χ2v) is 4.78. The summed E-state index contributed by atoms with van der Waals surface area (Å²) in [6, 6.07) is 7.80. The summed E-state index contributed by atoms with van der Waals surface area (Å²) in [5.41, 5.74) is 5.01. The minimum atomic E-state index is -3.61. The molecule has 1 rings (SSSR count). The fourth-order valence-corrected chi connectivity index (χ4v) is 2.10. The van der Waals surface area contributed by atoms with Crippen molar-refractivity contribution in [2.45, 2.75) is 11.8 Å². The van der Waals surface area contributed by atoms with E-state index in [1.54, 1.807) is 18.2 Å². The molecule has 0 bridgehead atoms. The number of ketones is 1. The summed E-state index contributed by atoms with van der Waals surface area (Å²) in [6.45, 7) is 1.21. The van der Waals surface area contributed by atoms with Gasteiger partial charge in [-0.15, -0.1) is 0 Å². The quantitative estimate of drug-likeness (QED) is 0.773. The number of carbonyl (C=O) groups is 1. The number of benzene rings is 1. The maximum Gasteiger partial charge on any atom is 0.201 e. The molecule has 0 atom stereocenters. The van der Waals surface area contributed by atoms with E-state index in [0.29, 0.717) is 0 Å². The third-order valence-electron chi connectivity index (χ3n) is 1.76. The second kappa shape index (κ2) is 4.27. The molecule has 0 fully saturated rings. The Morgan fingerprint density at radius 1 is 1.27 bits per heavy atom. The van der Waals surface area contributed by atoms with E-state index < -0.39 is 15.6 Å². The van der Waals surface area contributed by atoms with Crippen molar-refractivity contribution >= 4 is 15.6 Å². The normalized spacial score (nSPS) is 12.5. The maximum atomic E-state index is 11.6. The van der Waals surface area contributed by atoms with E-state index in [9.17, 15) is 13.2 Å². The lowest BCUT2D eigenvalue weighted by Crippen LogP contribution is -2.10. The number of hydrogen-bond donors (Lipinski definition) is 1. The van der Waals surface area contributed by atoms with Crippen LogP contribution < -0.4 is 5.73 Å². The van der Waals surface area contributed by atoms with Gasteiger partial charge in [0, 0.05) is 6.92 Å². The smallest absolute Gasteiger partial charge is 0.201 e. The fourth-order valence-electron chi connectivity index (χ4n) is 0.928. The van der Waals surface area contributed by atoms with Crippen LogP contribution in [0, 0.1) is 0 Å². The van der Waals surface area contributed by atoms with Gasteiger partial charge in [-0.1, -0.05) is 18.2 Å². The lowest BCUT2D eigenvalue weighted by atomic mass is 10.4. The van der Waals surface area contributed by atoms with Gasteiger partial charge in [-0.25, -0.2) is 8.42 Å². The third kappa shape index (κ3) is 2.92.